The number of hydrogen-bond acceptors (Lipinski definition) is 3. The largest absolute Gasteiger partial charge is 0.340 e. The minimum atomic E-state index is -0.348. The molecule has 1 heterocycles. The number of carbonyl (C=O) groups is 1. The monoisotopic (exact) mass is 344 g/mol. The van der Waals surface area contributed by atoms with Gasteiger partial charge < -0.3 is 10.6 Å². The lowest BCUT2D eigenvalue weighted by atomic mass is 9.74. The molecule has 2 atom stereocenters. The van der Waals surface area contributed by atoms with Gasteiger partial charge in [0, 0.05) is 27.3 Å². The second-order valence-electron chi connectivity index (χ2n) is 5.73. The molecule has 1 aromatic heterocycles. The van der Waals surface area contributed by atoms with Crippen molar-refractivity contribution >= 4 is 33.2 Å². The van der Waals surface area contributed by atoms with Gasteiger partial charge in [0.15, 0.2) is 0 Å². The third-order valence-corrected chi connectivity index (χ3v) is 5.63. The predicted octanol–water partition coefficient (Wildman–Crippen LogP) is 3.38. The van der Waals surface area contributed by atoms with Crippen LogP contribution >= 0.6 is 27.3 Å². The first-order valence-electron chi connectivity index (χ1n) is 6.67. The topological polar surface area (TPSA) is 46.3 Å². The lowest BCUT2D eigenvalue weighted by Crippen LogP contribution is -2.52. The van der Waals surface area contributed by atoms with Crippen LogP contribution < -0.4 is 5.73 Å². The highest BCUT2D eigenvalue weighted by atomic mass is 79.9. The normalized spacial score (nSPS) is 27.3. The highest BCUT2D eigenvalue weighted by Crippen LogP contribution is 2.33. The van der Waals surface area contributed by atoms with Gasteiger partial charge in [0.25, 0.3) is 0 Å². The van der Waals surface area contributed by atoms with Gasteiger partial charge in [-0.1, -0.05) is 12.8 Å². The van der Waals surface area contributed by atoms with Crippen LogP contribution in [0.15, 0.2) is 15.9 Å². The third kappa shape index (κ3) is 3.58. The zero-order chi connectivity index (χ0) is 14.0. The fraction of sp³-hybridized carbons (Fsp3) is 0.643. The number of nitrogens with zero attached hydrogens (tertiary/aromatic N) is 1. The van der Waals surface area contributed by atoms with Gasteiger partial charge in [0.2, 0.25) is 5.91 Å². The minimum Gasteiger partial charge on any atom is -0.340 e. The average Bonchev–Trinajstić information content (AvgIpc) is 2.73. The standard InChI is InChI=1S/C14H21BrN2OS/c1-14(16)6-4-3-5-12(14)13(18)17(2)8-11-7-10(15)9-19-11/h7,9,12H,3-6,8,16H2,1-2H3. The van der Waals surface area contributed by atoms with E-state index < -0.39 is 0 Å². The van der Waals surface area contributed by atoms with Gasteiger partial charge >= 0.3 is 0 Å². The van der Waals surface area contributed by atoms with Crippen molar-refractivity contribution in [2.45, 2.75) is 44.7 Å². The Kier molecular flexibility index (Phi) is 4.69. The first-order valence-corrected chi connectivity index (χ1v) is 8.34. The van der Waals surface area contributed by atoms with Crippen LogP contribution in [0.3, 0.4) is 0 Å². The molecule has 1 aromatic rings. The summed E-state index contributed by atoms with van der Waals surface area (Å²) >= 11 is 5.11. The van der Waals surface area contributed by atoms with Crippen LogP contribution in [-0.4, -0.2) is 23.4 Å². The molecular formula is C14H21BrN2OS. The van der Waals surface area contributed by atoms with E-state index in [-0.39, 0.29) is 17.4 Å². The van der Waals surface area contributed by atoms with E-state index in [0.29, 0.717) is 6.54 Å². The Hall–Kier alpha value is -0.390. The first-order chi connectivity index (χ1) is 8.90. The summed E-state index contributed by atoms with van der Waals surface area (Å²) in [7, 11) is 1.88. The summed E-state index contributed by atoms with van der Waals surface area (Å²) < 4.78 is 1.08. The van der Waals surface area contributed by atoms with Crippen LogP contribution in [0.1, 0.15) is 37.5 Å². The van der Waals surface area contributed by atoms with Crippen molar-refractivity contribution in [3.05, 3.63) is 20.8 Å². The summed E-state index contributed by atoms with van der Waals surface area (Å²) in [6.45, 7) is 2.69. The maximum Gasteiger partial charge on any atom is 0.227 e. The Morgan fingerprint density at radius 2 is 2.37 bits per heavy atom. The quantitative estimate of drug-likeness (QED) is 0.913. The molecule has 19 heavy (non-hydrogen) atoms. The van der Waals surface area contributed by atoms with E-state index in [4.69, 9.17) is 5.73 Å². The highest BCUT2D eigenvalue weighted by molar-refractivity contribution is 9.10. The van der Waals surface area contributed by atoms with Crippen molar-refractivity contribution in [2.75, 3.05) is 7.05 Å². The zero-order valence-corrected chi connectivity index (χ0v) is 13.9. The number of carbonyl (C=O) groups excluding carboxylic acids is 1. The molecule has 1 aliphatic rings. The van der Waals surface area contributed by atoms with Crippen molar-refractivity contribution in [3.8, 4) is 0 Å². The molecule has 1 saturated carbocycles. The molecular weight excluding hydrogens is 324 g/mol. The molecule has 3 nitrogen and oxygen atoms in total. The summed E-state index contributed by atoms with van der Waals surface area (Å²) in [6, 6.07) is 2.07. The fourth-order valence-electron chi connectivity index (χ4n) is 2.78. The van der Waals surface area contributed by atoms with Gasteiger partial charge in [-0.15, -0.1) is 11.3 Å². The van der Waals surface area contributed by atoms with E-state index in [2.05, 4.69) is 22.0 Å². The molecule has 1 fully saturated rings. The number of nitrogens with two attached hydrogens (primary N) is 1. The number of thiophene rings is 1. The van der Waals surface area contributed by atoms with Gasteiger partial charge in [0.05, 0.1) is 12.5 Å². The molecule has 0 spiro atoms. The highest BCUT2D eigenvalue weighted by Gasteiger charge is 2.39. The van der Waals surface area contributed by atoms with Crippen LogP contribution in [0.25, 0.3) is 0 Å². The molecule has 1 aliphatic carbocycles. The summed E-state index contributed by atoms with van der Waals surface area (Å²) in [5.74, 6) is 0.156. The van der Waals surface area contributed by atoms with Gasteiger partial charge in [-0.25, -0.2) is 0 Å². The van der Waals surface area contributed by atoms with Crippen molar-refractivity contribution in [3.63, 3.8) is 0 Å². The van der Waals surface area contributed by atoms with E-state index >= 15 is 0 Å². The van der Waals surface area contributed by atoms with Crippen LogP contribution in [0.2, 0.25) is 0 Å². The predicted molar refractivity (Wildman–Crippen MR) is 83.0 cm³/mol. The maximum absolute atomic E-state index is 12.6. The third-order valence-electron chi connectivity index (χ3n) is 3.94. The number of halogens is 1. The van der Waals surface area contributed by atoms with E-state index in [1.165, 1.54) is 4.88 Å². The van der Waals surface area contributed by atoms with Crippen LogP contribution in [-0.2, 0) is 11.3 Å². The van der Waals surface area contributed by atoms with Crippen molar-refractivity contribution < 1.29 is 4.79 Å². The molecule has 0 saturated heterocycles. The zero-order valence-electron chi connectivity index (χ0n) is 11.5. The van der Waals surface area contributed by atoms with Gasteiger partial charge in [-0.05, 0) is 41.8 Å². The Morgan fingerprint density at radius 1 is 1.63 bits per heavy atom. The van der Waals surface area contributed by atoms with Crippen LogP contribution in [0.5, 0.6) is 0 Å². The van der Waals surface area contributed by atoms with Crippen LogP contribution in [0.4, 0.5) is 0 Å². The molecule has 106 valence electrons. The van der Waals surface area contributed by atoms with Gasteiger partial charge in [-0.2, -0.15) is 0 Å². The lowest BCUT2D eigenvalue weighted by Gasteiger charge is -2.39. The Balaban J connectivity index is 2.02. The molecule has 0 aromatic carbocycles. The Bertz CT molecular complexity index is 458. The van der Waals surface area contributed by atoms with E-state index in [9.17, 15) is 4.79 Å². The van der Waals surface area contributed by atoms with E-state index in [1.807, 2.05) is 24.3 Å². The molecule has 2 unspecified atom stereocenters. The van der Waals surface area contributed by atoms with Crippen molar-refractivity contribution in [1.82, 2.24) is 4.90 Å². The fourth-order valence-corrected chi connectivity index (χ4v) is 4.28. The molecule has 0 aliphatic heterocycles. The SMILES string of the molecule is CN(Cc1cc(Br)cs1)C(=O)C1CCCCC1(C)N. The molecule has 1 amide bonds. The average molecular weight is 345 g/mol. The molecule has 2 N–H and O–H groups in total. The summed E-state index contributed by atoms with van der Waals surface area (Å²) in [5.41, 5.74) is 5.96. The van der Waals surface area contributed by atoms with E-state index in [0.717, 1.165) is 30.2 Å². The molecule has 0 bridgehead atoms. The number of amides is 1. The van der Waals surface area contributed by atoms with E-state index in [1.54, 1.807) is 11.3 Å². The van der Waals surface area contributed by atoms with Gasteiger partial charge in [0.1, 0.15) is 0 Å². The number of rotatable bonds is 3. The first kappa shape index (κ1) is 15.0. The summed E-state index contributed by atoms with van der Waals surface area (Å²) in [5, 5.41) is 2.04. The second-order valence-corrected chi connectivity index (χ2v) is 7.64. The number of hydrogen-bond donors (Lipinski definition) is 1. The summed E-state index contributed by atoms with van der Waals surface area (Å²) in [6.07, 6.45) is 4.12. The van der Waals surface area contributed by atoms with Crippen molar-refractivity contribution in [2.24, 2.45) is 11.7 Å². The molecule has 5 heteroatoms. The molecule has 2 rings (SSSR count). The minimum absolute atomic E-state index is 0.0327. The summed E-state index contributed by atoms with van der Waals surface area (Å²) in [4.78, 5) is 15.6. The maximum atomic E-state index is 12.6. The smallest absolute Gasteiger partial charge is 0.227 e. The van der Waals surface area contributed by atoms with Crippen LogP contribution in [0, 0.1) is 5.92 Å². The Morgan fingerprint density at radius 3 is 2.95 bits per heavy atom. The van der Waals surface area contributed by atoms with Gasteiger partial charge in [-0.3, -0.25) is 4.79 Å². The second kappa shape index (κ2) is 5.94. The van der Waals surface area contributed by atoms with Crippen molar-refractivity contribution in [1.29, 1.82) is 0 Å². The molecule has 0 radical (unpaired) electrons. The Labute approximate surface area is 127 Å². The lowest BCUT2D eigenvalue weighted by molar-refractivity contribution is -0.138.